The third-order valence-electron chi connectivity index (χ3n) is 1.94. The predicted molar refractivity (Wildman–Crippen MR) is 62.4 cm³/mol. The molecule has 0 saturated heterocycles. The molecule has 1 aromatic carbocycles. The van der Waals surface area contributed by atoms with Crippen molar-refractivity contribution < 1.29 is 0 Å². The van der Waals surface area contributed by atoms with Crippen molar-refractivity contribution in [2.45, 2.75) is 0 Å². The van der Waals surface area contributed by atoms with E-state index < -0.39 is 0 Å². The fourth-order valence-electron chi connectivity index (χ4n) is 1.19. The van der Waals surface area contributed by atoms with Crippen LogP contribution in [0.25, 0.3) is 12.2 Å². The van der Waals surface area contributed by atoms with Gasteiger partial charge in [0, 0.05) is 11.8 Å². The number of rotatable bonds is 2. The Hall–Kier alpha value is -1.67. The first-order chi connectivity index (χ1) is 7.36. The van der Waals surface area contributed by atoms with E-state index in [2.05, 4.69) is 9.97 Å². The van der Waals surface area contributed by atoms with E-state index in [-0.39, 0.29) is 0 Å². The molecule has 0 aliphatic heterocycles. The Morgan fingerprint density at radius 2 is 1.87 bits per heavy atom. The molecular formula is C12H9ClN2. The number of aromatic nitrogens is 2. The Bertz CT molecular complexity index is 466. The number of halogens is 1. The lowest BCUT2D eigenvalue weighted by Crippen LogP contribution is -1.82. The van der Waals surface area contributed by atoms with Crippen LogP contribution in [0.5, 0.6) is 0 Å². The molecule has 0 spiro atoms. The minimum atomic E-state index is 0.470. The van der Waals surface area contributed by atoms with Gasteiger partial charge >= 0.3 is 0 Å². The fraction of sp³-hybridized carbons (Fsp3) is 0. The summed E-state index contributed by atoms with van der Waals surface area (Å²) in [6.07, 6.45) is 7.00. The molecule has 0 fully saturated rings. The molecular weight excluding hydrogens is 208 g/mol. The van der Waals surface area contributed by atoms with Gasteiger partial charge in [0.1, 0.15) is 11.5 Å². The van der Waals surface area contributed by atoms with E-state index in [0.29, 0.717) is 5.15 Å². The molecule has 0 saturated carbocycles. The summed E-state index contributed by atoms with van der Waals surface area (Å²) in [5.74, 6) is 0. The van der Waals surface area contributed by atoms with Gasteiger partial charge in [-0.05, 0) is 11.6 Å². The highest BCUT2D eigenvalue weighted by Gasteiger charge is 1.95. The van der Waals surface area contributed by atoms with E-state index in [4.69, 9.17) is 11.6 Å². The summed E-state index contributed by atoms with van der Waals surface area (Å²) in [6.45, 7) is 0. The van der Waals surface area contributed by atoms with Crippen molar-refractivity contribution in [3.05, 3.63) is 59.1 Å². The van der Waals surface area contributed by atoms with Crippen molar-refractivity contribution in [1.29, 1.82) is 0 Å². The second kappa shape index (κ2) is 4.71. The first-order valence-electron chi connectivity index (χ1n) is 4.55. The second-order valence-electron chi connectivity index (χ2n) is 3.01. The zero-order valence-corrected chi connectivity index (χ0v) is 8.72. The molecule has 0 bridgehead atoms. The maximum Gasteiger partial charge on any atom is 0.139 e. The predicted octanol–water partition coefficient (Wildman–Crippen LogP) is 3.30. The number of benzene rings is 1. The average Bonchev–Trinajstić information content (AvgIpc) is 2.29. The van der Waals surface area contributed by atoms with Gasteiger partial charge in [-0.15, -0.1) is 0 Å². The molecule has 0 amide bonds. The molecule has 1 heterocycles. The molecule has 0 aliphatic rings. The highest BCUT2D eigenvalue weighted by Crippen LogP contribution is 2.13. The Labute approximate surface area is 93.3 Å². The highest BCUT2D eigenvalue weighted by molar-refractivity contribution is 6.30. The van der Waals surface area contributed by atoms with Crippen molar-refractivity contribution in [2.75, 3.05) is 0 Å². The Morgan fingerprint density at radius 3 is 2.60 bits per heavy atom. The fourth-order valence-corrected chi connectivity index (χ4v) is 1.34. The summed E-state index contributed by atoms with van der Waals surface area (Å²) in [6, 6.07) is 10.0. The molecule has 74 valence electrons. The van der Waals surface area contributed by atoms with Crippen LogP contribution >= 0.6 is 11.6 Å². The molecule has 1 aromatic heterocycles. The van der Waals surface area contributed by atoms with Crippen LogP contribution in [0, 0.1) is 0 Å². The molecule has 3 heteroatoms. The molecule has 0 atom stereocenters. The van der Waals surface area contributed by atoms with Gasteiger partial charge in [0.15, 0.2) is 0 Å². The van der Waals surface area contributed by atoms with Gasteiger partial charge in [-0.2, -0.15) is 0 Å². The second-order valence-corrected chi connectivity index (χ2v) is 3.37. The van der Waals surface area contributed by atoms with Crippen LogP contribution in [0.3, 0.4) is 0 Å². The quantitative estimate of drug-likeness (QED) is 0.720. The number of hydrogen-bond acceptors (Lipinski definition) is 2. The maximum atomic E-state index is 5.89. The summed E-state index contributed by atoms with van der Waals surface area (Å²) in [4.78, 5) is 7.81. The largest absolute Gasteiger partial charge is 0.244 e. The zero-order chi connectivity index (χ0) is 10.5. The third-order valence-corrected chi connectivity index (χ3v) is 2.26. The van der Waals surface area contributed by atoms with Crippen molar-refractivity contribution >= 4 is 23.8 Å². The van der Waals surface area contributed by atoms with Crippen molar-refractivity contribution in [2.24, 2.45) is 0 Å². The molecule has 0 aliphatic carbocycles. The van der Waals surface area contributed by atoms with Gasteiger partial charge in [0.05, 0.1) is 0 Å². The summed E-state index contributed by atoms with van der Waals surface area (Å²) in [5, 5.41) is 0.470. The van der Waals surface area contributed by atoms with Crippen LogP contribution in [0.1, 0.15) is 11.1 Å². The van der Waals surface area contributed by atoms with Gasteiger partial charge in [-0.3, -0.25) is 0 Å². The smallest absolute Gasteiger partial charge is 0.139 e. The lowest BCUT2D eigenvalue weighted by atomic mass is 10.2. The van der Waals surface area contributed by atoms with Gasteiger partial charge < -0.3 is 0 Å². The van der Waals surface area contributed by atoms with Crippen LogP contribution in [0.15, 0.2) is 42.9 Å². The molecule has 2 rings (SSSR count). The lowest BCUT2D eigenvalue weighted by molar-refractivity contribution is 1.16. The van der Waals surface area contributed by atoms with Gasteiger partial charge in [-0.1, -0.05) is 48.0 Å². The Morgan fingerprint density at radius 1 is 1.07 bits per heavy atom. The Kier molecular flexibility index (Phi) is 3.10. The van der Waals surface area contributed by atoms with E-state index in [0.717, 1.165) is 11.1 Å². The standard InChI is InChI=1S/C12H9ClN2/c13-12-11(8-14-9-15-12)7-6-10-4-2-1-3-5-10/h1-9H. The van der Waals surface area contributed by atoms with E-state index in [1.807, 2.05) is 42.5 Å². The van der Waals surface area contributed by atoms with Crippen LogP contribution < -0.4 is 0 Å². The normalized spacial score (nSPS) is 10.7. The van der Waals surface area contributed by atoms with E-state index in [1.165, 1.54) is 6.33 Å². The Balaban J connectivity index is 2.23. The monoisotopic (exact) mass is 216 g/mol. The SMILES string of the molecule is Clc1ncncc1C=Cc1ccccc1. The summed E-state index contributed by atoms with van der Waals surface area (Å²) in [5.41, 5.74) is 1.94. The minimum Gasteiger partial charge on any atom is -0.244 e. The molecule has 2 aromatic rings. The minimum absolute atomic E-state index is 0.470. The zero-order valence-electron chi connectivity index (χ0n) is 7.97. The number of hydrogen-bond donors (Lipinski definition) is 0. The van der Waals surface area contributed by atoms with E-state index in [9.17, 15) is 0 Å². The van der Waals surface area contributed by atoms with Gasteiger partial charge in [-0.25, -0.2) is 9.97 Å². The first-order valence-corrected chi connectivity index (χ1v) is 4.93. The third kappa shape index (κ3) is 2.64. The van der Waals surface area contributed by atoms with Crippen molar-refractivity contribution in [3.63, 3.8) is 0 Å². The van der Waals surface area contributed by atoms with Crippen molar-refractivity contribution in [1.82, 2.24) is 9.97 Å². The number of nitrogens with zero attached hydrogens (tertiary/aromatic N) is 2. The average molecular weight is 217 g/mol. The molecule has 0 unspecified atom stereocenters. The lowest BCUT2D eigenvalue weighted by Gasteiger charge is -1.95. The molecule has 0 N–H and O–H groups in total. The van der Waals surface area contributed by atoms with E-state index >= 15 is 0 Å². The first kappa shape index (κ1) is 9.87. The summed E-state index contributed by atoms with van der Waals surface area (Å²) in [7, 11) is 0. The van der Waals surface area contributed by atoms with Crippen LogP contribution in [0.4, 0.5) is 0 Å². The van der Waals surface area contributed by atoms with E-state index in [1.54, 1.807) is 6.20 Å². The maximum absolute atomic E-state index is 5.89. The van der Waals surface area contributed by atoms with Crippen molar-refractivity contribution in [3.8, 4) is 0 Å². The van der Waals surface area contributed by atoms with Gasteiger partial charge in [0.25, 0.3) is 0 Å². The summed E-state index contributed by atoms with van der Waals surface area (Å²) >= 11 is 5.89. The molecule has 15 heavy (non-hydrogen) atoms. The van der Waals surface area contributed by atoms with Crippen LogP contribution in [-0.2, 0) is 0 Å². The topological polar surface area (TPSA) is 25.8 Å². The highest BCUT2D eigenvalue weighted by atomic mass is 35.5. The van der Waals surface area contributed by atoms with Crippen LogP contribution in [-0.4, -0.2) is 9.97 Å². The van der Waals surface area contributed by atoms with Crippen LogP contribution in [0.2, 0.25) is 5.15 Å². The summed E-state index contributed by atoms with van der Waals surface area (Å²) < 4.78 is 0. The molecule has 2 nitrogen and oxygen atoms in total. The van der Waals surface area contributed by atoms with Gasteiger partial charge in [0.2, 0.25) is 0 Å². The molecule has 0 radical (unpaired) electrons.